The van der Waals surface area contributed by atoms with Crippen LogP contribution in [0.15, 0.2) is 51.9 Å². The quantitative estimate of drug-likeness (QED) is 0.653. The lowest BCUT2D eigenvalue weighted by molar-refractivity contribution is -0.124. The molecule has 7 nitrogen and oxygen atoms in total. The topological polar surface area (TPSA) is 82.8 Å². The molecule has 0 bridgehead atoms. The van der Waals surface area contributed by atoms with Crippen LogP contribution in [0.2, 0.25) is 0 Å². The summed E-state index contributed by atoms with van der Waals surface area (Å²) in [6, 6.07) is 5.88. The number of rotatable bonds is 3. The molecule has 1 saturated heterocycles. The van der Waals surface area contributed by atoms with E-state index in [0.29, 0.717) is 44.0 Å². The number of carbonyl (C=O) groups excluding carboxylic acids is 1. The van der Waals surface area contributed by atoms with Crippen LogP contribution in [-0.4, -0.2) is 65.0 Å². The maximum Gasteiger partial charge on any atom is 0.270 e. The molecule has 3 aliphatic rings. The van der Waals surface area contributed by atoms with E-state index in [1.54, 1.807) is 13.1 Å². The molecule has 1 atom stereocenters. The van der Waals surface area contributed by atoms with E-state index in [1.165, 1.54) is 11.0 Å². The van der Waals surface area contributed by atoms with Crippen LogP contribution >= 0.6 is 15.9 Å². The standard InChI is InChI=1S/C21H21BrFN5O2/c1-26-16-4-5-18(22)25-19(16)20(15(11-24)21(26)30)28-8-6-27(7-9-28)12-13-2-3-14(23)10-17(13)29/h2-5,10,19,25,29H,6-9,12H2,1H3. The summed E-state index contributed by atoms with van der Waals surface area (Å²) in [7, 11) is 1.68. The maximum atomic E-state index is 13.2. The SMILES string of the molecule is CN1C(=O)C(C#N)=C(N2CCN(Cc3ccc(F)cc3O)CC2)C2NC(Br)=CC=C21. The third-order valence-corrected chi connectivity index (χ3v) is 6.17. The summed E-state index contributed by atoms with van der Waals surface area (Å²) in [5.41, 5.74) is 2.32. The van der Waals surface area contributed by atoms with E-state index < -0.39 is 5.82 Å². The van der Waals surface area contributed by atoms with Crippen LogP contribution in [0.4, 0.5) is 4.39 Å². The van der Waals surface area contributed by atoms with Gasteiger partial charge in [0.15, 0.2) is 0 Å². The van der Waals surface area contributed by atoms with Gasteiger partial charge in [-0.2, -0.15) is 5.26 Å². The molecule has 0 aliphatic carbocycles. The van der Waals surface area contributed by atoms with Gasteiger partial charge in [-0.1, -0.05) is 6.07 Å². The van der Waals surface area contributed by atoms with Crippen molar-refractivity contribution in [2.24, 2.45) is 0 Å². The molecule has 1 fully saturated rings. The van der Waals surface area contributed by atoms with E-state index in [-0.39, 0.29) is 23.3 Å². The molecule has 3 aliphatic heterocycles. The van der Waals surface area contributed by atoms with Crippen molar-refractivity contribution in [2.75, 3.05) is 33.2 Å². The molecule has 0 aromatic heterocycles. The first-order valence-corrected chi connectivity index (χ1v) is 10.4. The van der Waals surface area contributed by atoms with Gasteiger partial charge < -0.3 is 20.2 Å². The number of amides is 1. The number of nitriles is 1. The van der Waals surface area contributed by atoms with Crippen molar-refractivity contribution in [3.05, 3.63) is 63.3 Å². The molecule has 1 aromatic rings. The van der Waals surface area contributed by atoms with E-state index in [9.17, 15) is 19.6 Å². The molecular formula is C21H21BrFN5O2. The van der Waals surface area contributed by atoms with Crippen molar-refractivity contribution in [1.82, 2.24) is 20.0 Å². The van der Waals surface area contributed by atoms with Gasteiger partial charge in [-0.25, -0.2) is 4.39 Å². The monoisotopic (exact) mass is 473 g/mol. The van der Waals surface area contributed by atoms with Crippen LogP contribution in [-0.2, 0) is 11.3 Å². The summed E-state index contributed by atoms with van der Waals surface area (Å²) in [5, 5.41) is 23.0. The molecule has 1 aromatic carbocycles. The number of aromatic hydroxyl groups is 1. The number of carbonyl (C=O) groups is 1. The Hall–Kier alpha value is -2.83. The minimum Gasteiger partial charge on any atom is -0.508 e. The van der Waals surface area contributed by atoms with E-state index in [1.807, 2.05) is 12.2 Å². The number of likely N-dealkylation sites (N-methyl/N-ethyl adjacent to an activating group) is 1. The number of fused-ring (bicyclic) bond motifs is 1. The normalized spacial score (nSPS) is 22.2. The van der Waals surface area contributed by atoms with Crippen molar-refractivity contribution >= 4 is 21.8 Å². The molecule has 1 unspecified atom stereocenters. The number of hydrogen-bond acceptors (Lipinski definition) is 6. The lowest BCUT2D eigenvalue weighted by Crippen LogP contribution is -2.54. The number of nitrogens with zero attached hydrogens (tertiary/aromatic N) is 4. The first-order valence-electron chi connectivity index (χ1n) is 9.60. The van der Waals surface area contributed by atoms with E-state index in [0.717, 1.165) is 16.4 Å². The summed E-state index contributed by atoms with van der Waals surface area (Å²) in [6.45, 7) is 3.14. The van der Waals surface area contributed by atoms with Crippen molar-refractivity contribution in [2.45, 2.75) is 12.6 Å². The summed E-state index contributed by atoms with van der Waals surface area (Å²) in [5.74, 6) is -0.819. The summed E-state index contributed by atoms with van der Waals surface area (Å²) in [6.07, 6.45) is 3.72. The summed E-state index contributed by atoms with van der Waals surface area (Å²) >= 11 is 3.46. The van der Waals surface area contributed by atoms with Gasteiger partial charge in [0, 0.05) is 57.1 Å². The molecule has 0 radical (unpaired) electrons. The Morgan fingerprint density at radius 2 is 2.03 bits per heavy atom. The Morgan fingerprint density at radius 1 is 1.30 bits per heavy atom. The first kappa shape index (κ1) is 20.4. The largest absolute Gasteiger partial charge is 0.508 e. The minimum atomic E-state index is -0.465. The minimum absolute atomic E-state index is 0.0503. The molecule has 4 rings (SSSR count). The number of halogens is 2. The molecule has 156 valence electrons. The van der Waals surface area contributed by atoms with Crippen LogP contribution in [0.1, 0.15) is 5.56 Å². The smallest absolute Gasteiger partial charge is 0.270 e. The van der Waals surface area contributed by atoms with Crippen LogP contribution in [0.25, 0.3) is 0 Å². The number of phenolic OH excluding ortho intramolecular Hbond substituents is 1. The van der Waals surface area contributed by atoms with Crippen LogP contribution in [0.3, 0.4) is 0 Å². The molecule has 1 amide bonds. The zero-order valence-electron chi connectivity index (χ0n) is 16.4. The lowest BCUT2D eigenvalue weighted by atomic mass is 9.95. The van der Waals surface area contributed by atoms with Crippen molar-refractivity contribution in [3.63, 3.8) is 0 Å². The Bertz CT molecular complexity index is 1020. The molecular weight excluding hydrogens is 453 g/mol. The number of dihydropyridines is 1. The second-order valence-corrected chi connectivity index (χ2v) is 8.31. The van der Waals surface area contributed by atoms with Crippen molar-refractivity contribution in [3.8, 4) is 11.8 Å². The van der Waals surface area contributed by atoms with E-state index >= 15 is 0 Å². The highest BCUT2D eigenvalue weighted by Gasteiger charge is 2.40. The molecule has 0 saturated carbocycles. The zero-order chi connectivity index (χ0) is 21.4. The van der Waals surface area contributed by atoms with E-state index in [4.69, 9.17) is 0 Å². The highest BCUT2D eigenvalue weighted by molar-refractivity contribution is 9.11. The molecule has 3 heterocycles. The zero-order valence-corrected chi connectivity index (χ0v) is 18.0. The predicted molar refractivity (Wildman–Crippen MR) is 112 cm³/mol. The van der Waals surface area contributed by atoms with Gasteiger partial charge >= 0.3 is 0 Å². The molecule has 9 heteroatoms. The number of phenols is 1. The molecule has 0 spiro atoms. The van der Waals surface area contributed by atoms with Gasteiger partial charge in [-0.15, -0.1) is 0 Å². The average molecular weight is 474 g/mol. The highest BCUT2D eigenvalue weighted by atomic mass is 79.9. The fourth-order valence-electron chi connectivity index (χ4n) is 4.07. The van der Waals surface area contributed by atoms with Crippen molar-refractivity contribution in [1.29, 1.82) is 5.26 Å². The van der Waals surface area contributed by atoms with E-state index in [2.05, 4.69) is 37.1 Å². The van der Waals surface area contributed by atoms with Gasteiger partial charge in [0.25, 0.3) is 5.91 Å². The fraction of sp³-hybridized carbons (Fsp3) is 0.333. The van der Waals surface area contributed by atoms with Gasteiger partial charge in [0.2, 0.25) is 0 Å². The van der Waals surface area contributed by atoms with Gasteiger partial charge in [0.05, 0.1) is 10.3 Å². The summed E-state index contributed by atoms with van der Waals surface area (Å²) < 4.78 is 14.0. The van der Waals surface area contributed by atoms with Gasteiger partial charge in [-0.3, -0.25) is 9.69 Å². The van der Waals surface area contributed by atoms with Crippen LogP contribution in [0, 0.1) is 17.1 Å². The number of nitrogens with one attached hydrogen (secondary N) is 1. The number of allylic oxidation sites excluding steroid dienone is 2. The fourth-order valence-corrected chi connectivity index (χ4v) is 4.43. The lowest BCUT2D eigenvalue weighted by Gasteiger charge is -2.44. The summed E-state index contributed by atoms with van der Waals surface area (Å²) in [4.78, 5) is 18.5. The second-order valence-electron chi connectivity index (χ2n) is 7.46. The van der Waals surface area contributed by atoms with Crippen LogP contribution < -0.4 is 5.32 Å². The van der Waals surface area contributed by atoms with Gasteiger partial charge in [0.1, 0.15) is 29.3 Å². The number of piperazine rings is 1. The Labute approximate surface area is 182 Å². The Balaban J connectivity index is 1.53. The second kappa shape index (κ2) is 8.13. The predicted octanol–water partition coefficient (Wildman–Crippen LogP) is 1.99. The third-order valence-electron chi connectivity index (χ3n) is 5.68. The molecule has 2 N–H and O–H groups in total. The first-order chi connectivity index (χ1) is 14.4. The molecule has 30 heavy (non-hydrogen) atoms. The Kier molecular flexibility index (Phi) is 5.54. The number of hydrogen-bond donors (Lipinski definition) is 2. The van der Waals surface area contributed by atoms with Gasteiger partial charge in [-0.05, 0) is 34.1 Å². The van der Waals surface area contributed by atoms with Crippen LogP contribution in [0.5, 0.6) is 5.75 Å². The third kappa shape index (κ3) is 3.68. The maximum absolute atomic E-state index is 13.2. The van der Waals surface area contributed by atoms with Crippen molar-refractivity contribution < 1.29 is 14.3 Å². The number of benzene rings is 1. The average Bonchev–Trinajstić information content (AvgIpc) is 2.73. The highest BCUT2D eigenvalue weighted by Crippen LogP contribution is 2.33. The Morgan fingerprint density at radius 3 is 2.70 bits per heavy atom.